The Hall–Kier alpha value is -4.22. The summed E-state index contributed by atoms with van der Waals surface area (Å²) in [7, 11) is 0. The van der Waals surface area contributed by atoms with Crippen LogP contribution in [0.1, 0.15) is 23.0 Å². The molecular weight excluding hydrogens is 443 g/mol. The van der Waals surface area contributed by atoms with E-state index in [-0.39, 0.29) is 24.5 Å². The quantitative estimate of drug-likeness (QED) is 0.423. The molecule has 0 fully saturated rings. The molecule has 12 heteroatoms. The Kier molecular flexibility index (Phi) is 6.75. The van der Waals surface area contributed by atoms with Gasteiger partial charge in [-0.15, -0.1) is 0 Å². The molecule has 1 heterocycles. The number of carbonyl (C=O) groups excluding carboxylic acids is 2. The van der Waals surface area contributed by atoms with Crippen LogP contribution < -0.4 is 5.32 Å². The Balaban J connectivity index is 1.72. The van der Waals surface area contributed by atoms with Gasteiger partial charge < -0.3 is 10.2 Å². The molecule has 172 valence electrons. The first-order valence-electron chi connectivity index (χ1n) is 9.65. The maximum absolute atomic E-state index is 12.7. The minimum Gasteiger partial charge on any atom is -0.331 e. The van der Waals surface area contributed by atoms with Crippen LogP contribution in [0, 0.1) is 10.1 Å². The predicted molar refractivity (Wildman–Crippen MR) is 112 cm³/mol. The monoisotopic (exact) mass is 461 g/mol. The standard InChI is InChI=1S/C21H18F3N5O4/c1-2-27(20(31)21(22,23)24)13-14-5-3-6-15(11-14)25-19(30)18-9-10-28(26-18)16-7-4-8-17(12-16)29(32)33/h3-12H,2,13H2,1H3,(H,25,30). The summed E-state index contributed by atoms with van der Waals surface area (Å²) < 4.78 is 39.5. The van der Waals surface area contributed by atoms with Crippen LogP contribution in [-0.2, 0) is 11.3 Å². The summed E-state index contributed by atoms with van der Waals surface area (Å²) in [5.41, 5.74) is 0.983. The molecule has 0 unspecified atom stereocenters. The average Bonchev–Trinajstić information content (AvgIpc) is 3.27. The maximum Gasteiger partial charge on any atom is 0.471 e. The molecule has 1 N–H and O–H groups in total. The van der Waals surface area contributed by atoms with Gasteiger partial charge in [0.2, 0.25) is 0 Å². The van der Waals surface area contributed by atoms with Crippen LogP contribution in [0.5, 0.6) is 0 Å². The zero-order chi connectivity index (χ0) is 24.2. The number of aromatic nitrogens is 2. The molecule has 0 atom stereocenters. The van der Waals surface area contributed by atoms with E-state index in [0.717, 1.165) is 0 Å². The van der Waals surface area contributed by atoms with Crippen molar-refractivity contribution < 1.29 is 27.7 Å². The van der Waals surface area contributed by atoms with Gasteiger partial charge in [0, 0.05) is 37.1 Å². The molecule has 2 aromatic carbocycles. The van der Waals surface area contributed by atoms with Gasteiger partial charge in [0.1, 0.15) is 0 Å². The van der Waals surface area contributed by atoms with Crippen molar-refractivity contribution in [3.8, 4) is 5.69 Å². The van der Waals surface area contributed by atoms with E-state index in [1.807, 2.05) is 0 Å². The normalized spacial score (nSPS) is 11.2. The predicted octanol–water partition coefficient (Wildman–Crippen LogP) is 3.94. The number of rotatable bonds is 7. The van der Waals surface area contributed by atoms with E-state index in [1.165, 1.54) is 48.1 Å². The molecule has 3 aromatic rings. The molecule has 0 spiro atoms. The highest BCUT2D eigenvalue weighted by molar-refractivity contribution is 6.02. The molecule has 0 aliphatic heterocycles. The molecule has 0 aliphatic carbocycles. The number of hydrogen-bond donors (Lipinski definition) is 1. The van der Waals surface area contributed by atoms with Crippen molar-refractivity contribution in [3.05, 3.63) is 82.2 Å². The van der Waals surface area contributed by atoms with E-state index in [2.05, 4.69) is 10.4 Å². The highest BCUT2D eigenvalue weighted by Crippen LogP contribution is 2.21. The number of halogens is 3. The SMILES string of the molecule is CCN(Cc1cccc(NC(=O)c2ccn(-c3cccc([N+](=O)[O-])c3)n2)c1)C(=O)C(F)(F)F. The average molecular weight is 461 g/mol. The van der Waals surface area contributed by atoms with Crippen molar-refractivity contribution in [3.63, 3.8) is 0 Å². The summed E-state index contributed by atoms with van der Waals surface area (Å²) in [6.07, 6.45) is -3.51. The molecule has 2 amide bonds. The fourth-order valence-electron chi connectivity index (χ4n) is 3.01. The van der Waals surface area contributed by atoms with Crippen LogP contribution in [0.15, 0.2) is 60.8 Å². The number of non-ortho nitro benzene ring substituents is 1. The third-order valence-corrected chi connectivity index (χ3v) is 4.60. The number of benzene rings is 2. The van der Waals surface area contributed by atoms with E-state index < -0.39 is 22.9 Å². The molecule has 0 aliphatic rings. The fourth-order valence-corrected chi connectivity index (χ4v) is 3.01. The van der Waals surface area contributed by atoms with E-state index in [0.29, 0.717) is 21.8 Å². The molecule has 0 saturated heterocycles. The molecule has 9 nitrogen and oxygen atoms in total. The van der Waals surface area contributed by atoms with Crippen molar-refractivity contribution in [2.75, 3.05) is 11.9 Å². The highest BCUT2D eigenvalue weighted by atomic mass is 19.4. The van der Waals surface area contributed by atoms with Crippen molar-refractivity contribution in [2.45, 2.75) is 19.6 Å². The van der Waals surface area contributed by atoms with Crippen molar-refractivity contribution >= 4 is 23.2 Å². The minimum absolute atomic E-state index is 0.0225. The van der Waals surface area contributed by atoms with Gasteiger partial charge >= 0.3 is 12.1 Å². The highest BCUT2D eigenvalue weighted by Gasteiger charge is 2.41. The Morgan fingerprint density at radius 2 is 1.88 bits per heavy atom. The largest absolute Gasteiger partial charge is 0.471 e. The van der Waals surface area contributed by atoms with E-state index in [1.54, 1.807) is 24.3 Å². The second-order valence-electron chi connectivity index (χ2n) is 6.89. The lowest BCUT2D eigenvalue weighted by atomic mass is 10.2. The molecule has 0 bridgehead atoms. The zero-order valence-electron chi connectivity index (χ0n) is 17.2. The van der Waals surface area contributed by atoms with Gasteiger partial charge in [-0.25, -0.2) is 4.68 Å². The third-order valence-electron chi connectivity index (χ3n) is 4.60. The van der Waals surface area contributed by atoms with Gasteiger partial charge in [-0.05, 0) is 36.8 Å². The Labute approximate surface area is 185 Å². The number of hydrogen-bond acceptors (Lipinski definition) is 5. The van der Waals surface area contributed by atoms with Gasteiger partial charge in [-0.3, -0.25) is 19.7 Å². The number of nitrogens with zero attached hydrogens (tertiary/aromatic N) is 4. The second-order valence-corrected chi connectivity index (χ2v) is 6.89. The van der Waals surface area contributed by atoms with Gasteiger partial charge in [0.25, 0.3) is 11.6 Å². The smallest absolute Gasteiger partial charge is 0.331 e. The molecular formula is C21H18F3N5O4. The first-order chi connectivity index (χ1) is 15.6. The first kappa shape index (κ1) is 23.4. The van der Waals surface area contributed by atoms with Crippen LogP contribution in [0.25, 0.3) is 5.69 Å². The summed E-state index contributed by atoms with van der Waals surface area (Å²) in [5.74, 6) is -2.53. The number of amides is 2. The summed E-state index contributed by atoms with van der Waals surface area (Å²) in [5, 5.41) is 17.6. The van der Waals surface area contributed by atoms with Gasteiger partial charge in [0.15, 0.2) is 5.69 Å². The van der Waals surface area contributed by atoms with Crippen molar-refractivity contribution in [1.82, 2.24) is 14.7 Å². The van der Waals surface area contributed by atoms with Gasteiger partial charge in [-0.2, -0.15) is 18.3 Å². The summed E-state index contributed by atoms with van der Waals surface area (Å²) in [6, 6.07) is 13.2. The molecule has 1 aromatic heterocycles. The third kappa shape index (κ3) is 5.73. The molecule has 33 heavy (non-hydrogen) atoms. The van der Waals surface area contributed by atoms with Crippen molar-refractivity contribution in [2.24, 2.45) is 0 Å². The topological polar surface area (TPSA) is 110 Å². The van der Waals surface area contributed by atoms with Crippen LogP contribution in [-0.4, -0.2) is 44.1 Å². The lowest BCUT2D eigenvalue weighted by molar-refractivity contribution is -0.384. The van der Waals surface area contributed by atoms with Crippen molar-refractivity contribution in [1.29, 1.82) is 0 Å². The van der Waals surface area contributed by atoms with Gasteiger partial charge in [-0.1, -0.05) is 18.2 Å². The Bertz CT molecular complexity index is 1190. The molecule has 0 saturated carbocycles. The van der Waals surface area contributed by atoms with E-state index in [9.17, 15) is 32.9 Å². The lowest BCUT2D eigenvalue weighted by Crippen LogP contribution is -2.40. The number of carbonyl (C=O) groups is 2. The van der Waals surface area contributed by atoms with Gasteiger partial charge in [0.05, 0.1) is 10.6 Å². The number of nitrogens with one attached hydrogen (secondary N) is 1. The first-order valence-corrected chi connectivity index (χ1v) is 9.65. The molecule has 0 radical (unpaired) electrons. The lowest BCUT2D eigenvalue weighted by Gasteiger charge is -2.22. The Morgan fingerprint density at radius 1 is 1.15 bits per heavy atom. The molecule has 3 rings (SSSR count). The van der Waals surface area contributed by atoms with E-state index >= 15 is 0 Å². The summed E-state index contributed by atoms with van der Waals surface area (Å²) in [6.45, 7) is 1.02. The van der Waals surface area contributed by atoms with Crippen LogP contribution in [0.2, 0.25) is 0 Å². The zero-order valence-corrected chi connectivity index (χ0v) is 17.2. The minimum atomic E-state index is -4.97. The van der Waals surface area contributed by atoms with E-state index in [4.69, 9.17) is 0 Å². The number of alkyl halides is 3. The van der Waals surface area contributed by atoms with Crippen LogP contribution >= 0.6 is 0 Å². The maximum atomic E-state index is 12.7. The number of nitro benzene ring substituents is 1. The fraction of sp³-hybridized carbons (Fsp3) is 0.190. The van der Waals surface area contributed by atoms with Crippen LogP contribution in [0.3, 0.4) is 0 Å². The number of nitro groups is 1. The second kappa shape index (κ2) is 9.51. The summed E-state index contributed by atoms with van der Waals surface area (Å²) >= 11 is 0. The van der Waals surface area contributed by atoms with Crippen LogP contribution in [0.4, 0.5) is 24.5 Å². The Morgan fingerprint density at radius 3 is 2.55 bits per heavy atom. The number of anilines is 1. The summed E-state index contributed by atoms with van der Waals surface area (Å²) in [4.78, 5) is 35.1.